The van der Waals surface area contributed by atoms with E-state index < -0.39 is 0 Å². The van der Waals surface area contributed by atoms with Crippen LogP contribution in [0.15, 0.2) is 16.9 Å². The third-order valence-corrected chi connectivity index (χ3v) is 7.39. The van der Waals surface area contributed by atoms with E-state index in [9.17, 15) is 9.59 Å². The second kappa shape index (κ2) is 8.38. The van der Waals surface area contributed by atoms with E-state index in [-0.39, 0.29) is 17.2 Å². The van der Waals surface area contributed by atoms with Crippen LogP contribution in [-0.2, 0) is 23.4 Å². The van der Waals surface area contributed by atoms with E-state index in [4.69, 9.17) is 16.3 Å². The largest absolute Gasteiger partial charge is 0.495 e. The van der Waals surface area contributed by atoms with E-state index in [1.165, 1.54) is 29.3 Å². The van der Waals surface area contributed by atoms with Crippen LogP contribution >= 0.6 is 34.7 Å². The SMILES string of the molecule is COc1cc(Cl)c(C)cc1NC(=O)CSCc1nc2sc3c(c2c(=O)[nH]1)CCC3. The van der Waals surface area contributed by atoms with Crippen molar-refractivity contribution in [3.63, 3.8) is 0 Å². The number of anilines is 1. The number of aryl methyl sites for hydroxylation is 3. The zero-order chi connectivity index (χ0) is 20.5. The zero-order valence-electron chi connectivity index (χ0n) is 16.1. The van der Waals surface area contributed by atoms with E-state index in [0.29, 0.717) is 28.0 Å². The number of benzene rings is 1. The number of carbonyl (C=O) groups is 1. The van der Waals surface area contributed by atoms with Gasteiger partial charge in [-0.05, 0) is 43.4 Å². The maximum Gasteiger partial charge on any atom is 0.259 e. The van der Waals surface area contributed by atoms with E-state index in [0.717, 1.165) is 35.0 Å². The molecule has 0 radical (unpaired) electrons. The molecule has 1 aliphatic rings. The number of hydrogen-bond donors (Lipinski definition) is 2. The van der Waals surface area contributed by atoms with Crippen molar-refractivity contribution in [3.05, 3.63) is 49.3 Å². The molecule has 152 valence electrons. The molecule has 3 aromatic rings. The van der Waals surface area contributed by atoms with Crippen molar-refractivity contribution in [2.75, 3.05) is 18.2 Å². The van der Waals surface area contributed by atoms with Crippen molar-refractivity contribution in [1.82, 2.24) is 9.97 Å². The third kappa shape index (κ3) is 4.15. The maximum absolute atomic E-state index is 12.5. The number of aromatic amines is 1. The lowest BCUT2D eigenvalue weighted by Crippen LogP contribution is -2.16. The van der Waals surface area contributed by atoms with Crippen molar-refractivity contribution in [2.24, 2.45) is 0 Å². The molecule has 0 bridgehead atoms. The Bertz CT molecular complexity index is 1160. The Kier molecular flexibility index (Phi) is 5.85. The van der Waals surface area contributed by atoms with Gasteiger partial charge >= 0.3 is 0 Å². The maximum atomic E-state index is 12.5. The number of methoxy groups -OCH3 is 1. The minimum Gasteiger partial charge on any atom is -0.495 e. The van der Waals surface area contributed by atoms with E-state index >= 15 is 0 Å². The second-order valence-corrected chi connectivity index (χ2v) is 9.37. The lowest BCUT2D eigenvalue weighted by Gasteiger charge is -2.12. The van der Waals surface area contributed by atoms with Gasteiger partial charge in [0.25, 0.3) is 5.56 Å². The molecule has 4 rings (SSSR count). The number of hydrogen-bond acceptors (Lipinski definition) is 6. The topological polar surface area (TPSA) is 84.1 Å². The van der Waals surface area contributed by atoms with Crippen LogP contribution in [0.1, 0.15) is 28.2 Å². The molecule has 6 nitrogen and oxygen atoms in total. The molecule has 0 fully saturated rings. The molecular weight excluding hydrogens is 430 g/mol. The highest BCUT2D eigenvalue weighted by Gasteiger charge is 2.21. The smallest absolute Gasteiger partial charge is 0.259 e. The second-order valence-electron chi connectivity index (χ2n) is 6.89. The summed E-state index contributed by atoms with van der Waals surface area (Å²) in [6.45, 7) is 1.87. The van der Waals surface area contributed by atoms with Crippen LogP contribution in [0, 0.1) is 6.92 Å². The van der Waals surface area contributed by atoms with Gasteiger partial charge in [-0.2, -0.15) is 0 Å². The van der Waals surface area contributed by atoms with Gasteiger partial charge in [0.15, 0.2) is 0 Å². The van der Waals surface area contributed by atoms with Gasteiger partial charge in [-0.25, -0.2) is 4.98 Å². The van der Waals surface area contributed by atoms with Gasteiger partial charge in [0.05, 0.1) is 29.7 Å². The molecule has 9 heteroatoms. The molecular formula is C20H20ClN3O3S2. The van der Waals surface area contributed by atoms with Gasteiger partial charge in [-0.3, -0.25) is 9.59 Å². The van der Waals surface area contributed by atoms with Crippen LogP contribution < -0.4 is 15.6 Å². The Labute approximate surface area is 181 Å². The molecule has 0 atom stereocenters. The number of carbonyl (C=O) groups excluding carboxylic acids is 1. The van der Waals surface area contributed by atoms with Crippen molar-refractivity contribution in [2.45, 2.75) is 31.9 Å². The zero-order valence-corrected chi connectivity index (χ0v) is 18.4. The summed E-state index contributed by atoms with van der Waals surface area (Å²) in [5.74, 6) is 1.64. The minimum atomic E-state index is -0.159. The highest BCUT2D eigenvalue weighted by atomic mass is 35.5. The number of nitrogens with one attached hydrogen (secondary N) is 2. The van der Waals surface area contributed by atoms with Gasteiger partial charge in [0, 0.05) is 16.0 Å². The van der Waals surface area contributed by atoms with E-state index in [2.05, 4.69) is 15.3 Å². The first-order valence-corrected chi connectivity index (χ1v) is 11.6. The standard InChI is InChI=1S/C20H20ClN3O3S2/c1-10-6-13(14(27-2)7-12(10)21)22-17(25)9-28-8-16-23-19(26)18-11-4-3-5-15(11)29-20(18)24-16/h6-7H,3-5,8-9H2,1-2H3,(H,22,25)(H,23,24,26). The Morgan fingerprint density at radius 1 is 1.41 bits per heavy atom. The normalized spacial score (nSPS) is 12.9. The van der Waals surface area contributed by atoms with Crippen molar-refractivity contribution in [1.29, 1.82) is 0 Å². The van der Waals surface area contributed by atoms with Gasteiger partial charge in [0.1, 0.15) is 16.4 Å². The summed E-state index contributed by atoms with van der Waals surface area (Å²) >= 11 is 9.11. The molecule has 0 saturated heterocycles. The predicted octanol–water partition coefficient (Wildman–Crippen LogP) is 4.32. The average Bonchev–Trinajstić information content (AvgIpc) is 3.25. The quantitative estimate of drug-likeness (QED) is 0.585. The summed E-state index contributed by atoms with van der Waals surface area (Å²) in [6, 6.07) is 3.47. The summed E-state index contributed by atoms with van der Waals surface area (Å²) < 4.78 is 5.28. The molecule has 29 heavy (non-hydrogen) atoms. The van der Waals surface area contributed by atoms with Gasteiger partial charge in [-0.15, -0.1) is 23.1 Å². The molecule has 0 unspecified atom stereocenters. The fourth-order valence-electron chi connectivity index (χ4n) is 3.47. The number of H-pyrrole nitrogens is 1. The molecule has 1 amide bonds. The summed E-state index contributed by atoms with van der Waals surface area (Å²) in [6.07, 6.45) is 3.11. The van der Waals surface area contributed by atoms with Crippen LogP contribution in [0.25, 0.3) is 10.2 Å². The molecule has 2 aromatic heterocycles. The number of fused-ring (bicyclic) bond motifs is 3. The Morgan fingerprint density at radius 3 is 3.03 bits per heavy atom. The van der Waals surface area contributed by atoms with Crippen LogP contribution in [0.2, 0.25) is 5.02 Å². The summed E-state index contributed by atoms with van der Waals surface area (Å²) in [4.78, 5) is 34.4. The molecule has 0 aliphatic heterocycles. The van der Waals surface area contributed by atoms with Crippen LogP contribution in [0.5, 0.6) is 5.75 Å². The van der Waals surface area contributed by atoms with Crippen LogP contribution in [0.3, 0.4) is 0 Å². The highest BCUT2D eigenvalue weighted by Crippen LogP contribution is 2.34. The summed E-state index contributed by atoms with van der Waals surface area (Å²) in [5, 5.41) is 4.18. The third-order valence-electron chi connectivity index (χ3n) is 4.85. The summed E-state index contributed by atoms with van der Waals surface area (Å²) in [5.41, 5.74) is 2.54. The first-order valence-electron chi connectivity index (χ1n) is 9.21. The number of aromatic nitrogens is 2. The molecule has 0 spiro atoms. The number of amides is 1. The van der Waals surface area contributed by atoms with Crippen molar-refractivity contribution < 1.29 is 9.53 Å². The van der Waals surface area contributed by atoms with Gasteiger partial charge < -0.3 is 15.0 Å². The highest BCUT2D eigenvalue weighted by molar-refractivity contribution is 7.99. The molecule has 1 aromatic carbocycles. The van der Waals surface area contributed by atoms with E-state index in [1.54, 1.807) is 23.5 Å². The van der Waals surface area contributed by atoms with Crippen LogP contribution in [0.4, 0.5) is 5.69 Å². The molecule has 1 aliphatic carbocycles. The number of ether oxygens (including phenoxy) is 1. The number of halogens is 1. The lowest BCUT2D eigenvalue weighted by atomic mass is 10.2. The lowest BCUT2D eigenvalue weighted by molar-refractivity contribution is -0.113. The number of rotatable bonds is 6. The first kappa shape index (κ1) is 20.3. The molecule has 2 heterocycles. The monoisotopic (exact) mass is 449 g/mol. The molecule has 0 saturated carbocycles. The fraction of sp³-hybridized carbons (Fsp3) is 0.350. The van der Waals surface area contributed by atoms with Gasteiger partial charge in [-0.1, -0.05) is 11.6 Å². The van der Waals surface area contributed by atoms with Crippen molar-refractivity contribution >= 4 is 56.5 Å². The van der Waals surface area contributed by atoms with Crippen molar-refractivity contribution in [3.8, 4) is 5.75 Å². The number of thiophene rings is 1. The Balaban J connectivity index is 1.40. The summed E-state index contributed by atoms with van der Waals surface area (Å²) in [7, 11) is 1.53. The molecule has 2 N–H and O–H groups in total. The average molecular weight is 450 g/mol. The predicted molar refractivity (Wildman–Crippen MR) is 120 cm³/mol. The number of thioether (sulfide) groups is 1. The minimum absolute atomic E-state index is 0.0733. The number of nitrogens with zero attached hydrogens (tertiary/aromatic N) is 1. The first-order chi connectivity index (χ1) is 14.0. The fourth-order valence-corrected chi connectivity index (χ4v) is 5.60. The van der Waals surface area contributed by atoms with Gasteiger partial charge in [0.2, 0.25) is 5.91 Å². The Hall–Kier alpha value is -2.03. The van der Waals surface area contributed by atoms with Crippen LogP contribution in [-0.4, -0.2) is 28.7 Å². The Morgan fingerprint density at radius 2 is 2.24 bits per heavy atom. The van der Waals surface area contributed by atoms with E-state index in [1.807, 2.05) is 6.92 Å².